The summed E-state index contributed by atoms with van der Waals surface area (Å²) in [5, 5.41) is 23.3. The van der Waals surface area contributed by atoms with Crippen LogP contribution in [0.2, 0.25) is 0 Å². The maximum Gasteiger partial charge on any atom is 0.295 e. The second-order valence-corrected chi connectivity index (χ2v) is 4.71. The summed E-state index contributed by atoms with van der Waals surface area (Å²) in [4.78, 5) is 14.3. The van der Waals surface area contributed by atoms with E-state index < -0.39 is 11.0 Å². The molecule has 0 spiro atoms. The van der Waals surface area contributed by atoms with Crippen LogP contribution in [0.25, 0.3) is 11.1 Å². The van der Waals surface area contributed by atoms with E-state index in [9.17, 15) is 15.2 Å². The van der Waals surface area contributed by atoms with Crippen molar-refractivity contribution in [2.75, 3.05) is 11.9 Å². The Labute approximate surface area is 108 Å². The van der Waals surface area contributed by atoms with Crippen molar-refractivity contribution in [1.29, 1.82) is 0 Å². The summed E-state index contributed by atoms with van der Waals surface area (Å²) < 4.78 is 5.40. The highest BCUT2D eigenvalue weighted by molar-refractivity contribution is 5.77. The summed E-state index contributed by atoms with van der Waals surface area (Å²) in [5.74, 6) is 0.373. The van der Waals surface area contributed by atoms with Gasteiger partial charge in [-0.15, -0.1) is 0 Å². The van der Waals surface area contributed by atoms with Crippen LogP contribution in [0.15, 0.2) is 22.6 Å². The number of fused-ring (bicyclic) bond motifs is 1. The standard InChI is InChI=1S/C12H13N3O4/c16-10(7-1-2-7)6-13-12-14-9-5-8(15(17)18)3-4-11(9)19-12/h3-5,7,10,16H,1-2,6H2,(H,13,14). The summed E-state index contributed by atoms with van der Waals surface area (Å²) in [5.41, 5.74) is 0.886. The molecule has 100 valence electrons. The molecule has 1 heterocycles. The fourth-order valence-corrected chi connectivity index (χ4v) is 1.94. The minimum Gasteiger partial charge on any atom is -0.424 e. The van der Waals surface area contributed by atoms with Gasteiger partial charge in [0, 0.05) is 18.7 Å². The average Bonchev–Trinajstić information content (AvgIpc) is 3.15. The number of aliphatic hydroxyl groups is 1. The van der Waals surface area contributed by atoms with Crippen LogP contribution in [0, 0.1) is 16.0 Å². The first kappa shape index (κ1) is 11.9. The molecule has 0 bridgehead atoms. The number of aromatic nitrogens is 1. The zero-order valence-corrected chi connectivity index (χ0v) is 10.1. The van der Waals surface area contributed by atoms with E-state index in [1.165, 1.54) is 18.2 Å². The average molecular weight is 263 g/mol. The predicted molar refractivity (Wildman–Crippen MR) is 67.9 cm³/mol. The number of hydrogen-bond donors (Lipinski definition) is 2. The fourth-order valence-electron chi connectivity index (χ4n) is 1.94. The quantitative estimate of drug-likeness (QED) is 0.631. The van der Waals surface area contributed by atoms with E-state index in [2.05, 4.69) is 10.3 Å². The summed E-state index contributed by atoms with van der Waals surface area (Å²) in [6, 6.07) is 4.52. The number of aliphatic hydroxyl groups excluding tert-OH is 1. The van der Waals surface area contributed by atoms with Crippen LogP contribution in [0.3, 0.4) is 0 Å². The van der Waals surface area contributed by atoms with Gasteiger partial charge in [-0.25, -0.2) is 0 Å². The maximum absolute atomic E-state index is 10.6. The van der Waals surface area contributed by atoms with Crippen LogP contribution in [0.5, 0.6) is 0 Å². The Kier molecular flexibility index (Phi) is 2.83. The van der Waals surface area contributed by atoms with Gasteiger partial charge >= 0.3 is 0 Å². The number of oxazole rings is 1. The molecule has 1 fully saturated rings. The monoisotopic (exact) mass is 263 g/mol. The van der Waals surface area contributed by atoms with Gasteiger partial charge in [0.1, 0.15) is 5.52 Å². The third-order valence-corrected chi connectivity index (χ3v) is 3.21. The minimum absolute atomic E-state index is 0.0228. The Hall–Kier alpha value is -2.15. The first-order valence-corrected chi connectivity index (χ1v) is 6.10. The van der Waals surface area contributed by atoms with E-state index in [1.807, 2.05) is 0 Å². The summed E-state index contributed by atoms with van der Waals surface area (Å²) in [6.45, 7) is 0.375. The van der Waals surface area contributed by atoms with Crippen molar-refractivity contribution in [1.82, 2.24) is 4.98 Å². The fraction of sp³-hybridized carbons (Fsp3) is 0.417. The number of rotatable bonds is 5. The largest absolute Gasteiger partial charge is 0.424 e. The second-order valence-electron chi connectivity index (χ2n) is 4.71. The molecule has 1 aromatic heterocycles. The topological polar surface area (TPSA) is 101 Å². The zero-order valence-electron chi connectivity index (χ0n) is 10.1. The van der Waals surface area contributed by atoms with Crippen molar-refractivity contribution in [3.05, 3.63) is 28.3 Å². The molecule has 7 heteroatoms. The van der Waals surface area contributed by atoms with Crippen LogP contribution in [-0.4, -0.2) is 27.7 Å². The lowest BCUT2D eigenvalue weighted by Crippen LogP contribution is -2.21. The molecule has 3 rings (SSSR count). The number of nitro benzene ring substituents is 1. The van der Waals surface area contributed by atoms with Gasteiger partial charge in [-0.2, -0.15) is 4.98 Å². The van der Waals surface area contributed by atoms with Crippen LogP contribution >= 0.6 is 0 Å². The number of anilines is 1. The van der Waals surface area contributed by atoms with Gasteiger partial charge in [0.2, 0.25) is 0 Å². The van der Waals surface area contributed by atoms with Crippen molar-refractivity contribution in [3.8, 4) is 0 Å². The lowest BCUT2D eigenvalue weighted by atomic mass is 10.2. The van der Waals surface area contributed by atoms with E-state index in [-0.39, 0.29) is 11.7 Å². The van der Waals surface area contributed by atoms with E-state index in [4.69, 9.17) is 4.42 Å². The molecule has 2 N–H and O–H groups in total. The molecule has 0 radical (unpaired) electrons. The lowest BCUT2D eigenvalue weighted by molar-refractivity contribution is -0.384. The van der Waals surface area contributed by atoms with E-state index in [1.54, 1.807) is 0 Å². The van der Waals surface area contributed by atoms with Crippen LogP contribution in [0.1, 0.15) is 12.8 Å². The van der Waals surface area contributed by atoms with E-state index >= 15 is 0 Å². The molecule has 19 heavy (non-hydrogen) atoms. The summed E-state index contributed by atoms with van der Waals surface area (Å²) in [7, 11) is 0. The molecule has 0 amide bonds. The summed E-state index contributed by atoms with van der Waals surface area (Å²) >= 11 is 0. The molecule has 2 aromatic rings. The Bertz CT molecular complexity index is 620. The predicted octanol–water partition coefficient (Wildman–Crippen LogP) is 1.92. The van der Waals surface area contributed by atoms with Crippen LogP contribution in [0.4, 0.5) is 11.7 Å². The van der Waals surface area contributed by atoms with E-state index in [0.29, 0.717) is 23.6 Å². The third kappa shape index (κ3) is 2.50. The molecule has 1 atom stereocenters. The Morgan fingerprint density at radius 1 is 1.58 bits per heavy atom. The Balaban J connectivity index is 1.75. The molecule has 1 aromatic carbocycles. The number of nitro groups is 1. The van der Waals surface area contributed by atoms with Crippen LogP contribution < -0.4 is 5.32 Å². The smallest absolute Gasteiger partial charge is 0.295 e. The van der Waals surface area contributed by atoms with E-state index in [0.717, 1.165) is 12.8 Å². The third-order valence-electron chi connectivity index (χ3n) is 3.21. The molecule has 1 saturated carbocycles. The molecule has 1 unspecified atom stereocenters. The number of nitrogens with one attached hydrogen (secondary N) is 1. The first-order valence-electron chi connectivity index (χ1n) is 6.10. The first-order chi connectivity index (χ1) is 9.13. The second kappa shape index (κ2) is 4.51. The van der Waals surface area contributed by atoms with Gasteiger partial charge in [-0.1, -0.05) is 0 Å². The van der Waals surface area contributed by atoms with Crippen molar-refractivity contribution in [2.45, 2.75) is 18.9 Å². The number of benzene rings is 1. The Morgan fingerprint density at radius 2 is 2.37 bits per heavy atom. The highest BCUT2D eigenvalue weighted by atomic mass is 16.6. The highest BCUT2D eigenvalue weighted by Gasteiger charge is 2.29. The summed E-state index contributed by atoms with van der Waals surface area (Å²) in [6.07, 6.45) is 1.72. The number of hydrogen-bond acceptors (Lipinski definition) is 6. The van der Waals surface area contributed by atoms with Gasteiger partial charge in [0.05, 0.1) is 11.0 Å². The number of non-ortho nitro benzene ring substituents is 1. The maximum atomic E-state index is 10.6. The van der Waals surface area contributed by atoms with Gasteiger partial charge in [0.25, 0.3) is 11.7 Å². The van der Waals surface area contributed by atoms with Crippen molar-refractivity contribution in [2.24, 2.45) is 5.92 Å². The van der Waals surface area contributed by atoms with Gasteiger partial charge in [-0.3, -0.25) is 10.1 Å². The van der Waals surface area contributed by atoms with Crippen molar-refractivity contribution in [3.63, 3.8) is 0 Å². The normalized spacial score (nSPS) is 16.5. The molecule has 7 nitrogen and oxygen atoms in total. The van der Waals surface area contributed by atoms with Crippen molar-refractivity contribution < 1.29 is 14.4 Å². The molecule has 0 saturated heterocycles. The number of nitrogens with zero attached hydrogens (tertiary/aromatic N) is 2. The van der Waals surface area contributed by atoms with Crippen LogP contribution in [-0.2, 0) is 0 Å². The molecule has 1 aliphatic rings. The molecular weight excluding hydrogens is 250 g/mol. The van der Waals surface area contributed by atoms with Gasteiger partial charge < -0.3 is 14.8 Å². The molecule has 1 aliphatic carbocycles. The minimum atomic E-state index is -0.474. The van der Waals surface area contributed by atoms with Crippen molar-refractivity contribution >= 4 is 22.8 Å². The van der Waals surface area contributed by atoms with Gasteiger partial charge in [-0.05, 0) is 24.8 Å². The highest BCUT2D eigenvalue weighted by Crippen LogP contribution is 2.32. The SMILES string of the molecule is O=[N+]([O-])c1ccc2oc(NCC(O)C3CC3)nc2c1. The lowest BCUT2D eigenvalue weighted by Gasteiger charge is -2.08. The molecule has 0 aliphatic heterocycles. The zero-order chi connectivity index (χ0) is 13.4. The Morgan fingerprint density at radius 3 is 3.05 bits per heavy atom. The molecular formula is C12H13N3O4. The van der Waals surface area contributed by atoms with Gasteiger partial charge in [0.15, 0.2) is 5.58 Å².